The summed E-state index contributed by atoms with van der Waals surface area (Å²) in [5, 5.41) is 0.880. The van der Waals surface area contributed by atoms with Gasteiger partial charge in [-0.2, -0.15) is 0 Å². The van der Waals surface area contributed by atoms with Crippen molar-refractivity contribution in [3.63, 3.8) is 0 Å². The average Bonchev–Trinajstić information content (AvgIpc) is 3.25. The van der Waals surface area contributed by atoms with Crippen LogP contribution in [0.2, 0.25) is 0 Å². The summed E-state index contributed by atoms with van der Waals surface area (Å²) in [4.78, 5) is 20.4. The number of furan rings is 1. The summed E-state index contributed by atoms with van der Waals surface area (Å²) in [6.07, 6.45) is 3.61. The highest BCUT2D eigenvalue weighted by molar-refractivity contribution is 7.98. The van der Waals surface area contributed by atoms with Crippen LogP contribution in [-0.2, 0) is 24.1 Å². The zero-order valence-electron chi connectivity index (χ0n) is 13.6. The number of hydrogen-bond acceptors (Lipinski definition) is 7. The van der Waals surface area contributed by atoms with Gasteiger partial charge in [0.25, 0.3) is 0 Å². The SMILES string of the molecule is Cc1nc(COC(=O)c2ccc(CSc3nccn3C)o2)oc1C. The third-order valence-corrected chi connectivity index (χ3v) is 4.46. The van der Waals surface area contributed by atoms with Crippen molar-refractivity contribution in [2.75, 3.05) is 0 Å². The van der Waals surface area contributed by atoms with Gasteiger partial charge < -0.3 is 18.1 Å². The number of imidazole rings is 1. The Balaban J connectivity index is 1.54. The number of carbonyl (C=O) groups is 1. The molecule has 0 aliphatic carbocycles. The summed E-state index contributed by atoms with van der Waals surface area (Å²) in [7, 11) is 1.92. The molecule has 0 saturated carbocycles. The Labute approximate surface area is 143 Å². The van der Waals surface area contributed by atoms with Crippen LogP contribution in [0.3, 0.4) is 0 Å². The van der Waals surface area contributed by atoms with E-state index in [1.54, 1.807) is 18.3 Å². The van der Waals surface area contributed by atoms with E-state index in [0.29, 0.717) is 23.2 Å². The minimum atomic E-state index is -0.545. The molecule has 0 N–H and O–H groups in total. The molecule has 0 aromatic carbocycles. The topological polar surface area (TPSA) is 83.3 Å². The lowest BCUT2D eigenvalue weighted by atomic mass is 10.4. The third kappa shape index (κ3) is 3.70. The Morgan fingerprint density at radius 3 is 2.83 bits per heavy atom. The molecule has 0 amide bonds. The average molecular weight is 347 g/mol. The van der Waals surface area contributed by atoms with Gasteiger partial charge in [-0.1, -0.05) is 11.8 Å². The van der Waals surface area contributed by atoms with E-state index < -0.39 is 5.97 Å². The smallest absolute Gasteiger partial charge is 0.374 e. The summed E-state index contributed by atoms with van der Waals surface area (Å²) in [6.45, 7) is 3.62. The normalized spacial score (nSPS) is 11.0. The summed E-state index contributed by atoms with van der Waals surface area (Å²) in [5.41, 5.74) is 0.785. The van der Waals surface area contributed by atoms with Gasteiger partial charge in [-0.3, -0.25) is 0 Å². The maximum absolute atomic E-state index is 12.0. The largest absolute Gasteiger partial charge is 0.453 e. The molecule has 0 fully saturated rings. The number of oxazole rings is 1. The number of esters is 1. The Hall–Kier alpha value is -2.48. The van der Waals surface area contributed by atoms with Crippen LogP contribution in [0.4, 0.5) is 0 Å². The first-order valence-electron chi connectivity index (χ1n) is 7.32. The second kappa shape index (κ2) is 6.96. The lowest BCUT2D eigenvalue weighted by Crippen LogP contribution is -2.04. The molecule has 7 nitrogen and oxygen atoms in total. The van der Waals surface area contributed by atoms with E-state index in [9.17, 15) is 4.79 Å². The third-order valence-electron chi connectivity index (χ3n) is 3.38. The molecular formula is C16H17N3O4S. The van der Waals surface area contributed by atoms with Crippen molar-refractivity contribution in [1.29, 1.82) is 0 Å². The van der Waals surface area contributed by atoms with Crippen molar-refractivity contribution in [3.8, 4) is 0 Å². The van der Waals surface area contributed by atoms with Gasteiger partial charge in [-0.15, -0.1) is 0 Å². The van der Waals surface area contributed by atoms with Crippen LogP contribution in [0.1, 0.15) is 33.7 Å². The molecule has 3 aromatic heterocycles. The minimum Gasteiger partial charge on any atom is -0.453 e. The molecular weight excluding hydrogens is 330 g/mol. The van der Waals surface area contributed by atoms with Crippen LogP contribution >= 0.6 is 11.8 Å². The fraction of sp³-hybridized carbons (Fsp3) is 0.312. The number of ether oxygens (including phenoxy) is 1. The van der Waals surface area contributed by atoms with E-state index in [-0.39, 0.29) is 12.4 Å². The molecule has 3 aromatic rings. The standard InChI is InChI=1S/C16H17N3O4S/c1-10-11(2)22-14(18-10)8-21-15(20)13-5-4-12(23-13)9-24-16-17-6-7-19(16)3/h4-7H,8-9H2,1-3H3. The van der Waals surface area contributed by atoms with Crippen LogP contribution in [0.15, 0.2) is 38.5 Å². The lowest BCUT2D eigenvalue weighted by Gasteiger charge is -2.00. The number of thioether (sulfide) groups is 1. The van der Waals surface area contributed by atoms with Gasteiger partial charge in [-0.25, -0.2) is 14.8 Å². The first-order valence-corrected chi connectivity index (χ1v) is 8.30. The fourth-order valence-corrected chi connectivity index (χ4v) is 2.82. The maximum atomic E-state index is 12.0. The minimum absolute atomic E-state index is 0.0223. The molecule has 126 valence electrons. The molecule has 24 heavy (non-hydrogen) atoms. The number of nitrogens with zero attached hydrogens (tertiary/aromatic N) is 3. The fourth-order valence-electron chi connectivity index (χ4n) is 1.99. The second-order valence-electron chi connectivity index (χ2n) is 5.20. The molecule has 0 atom stereocenters. The second-order valence-corrected chi connectivity index (χ2v) is 6.14. The van der Waals surface area contributed by atoms with Crippen molar-refractivity contribution in [1.82, 2.24) is 14.5 Å². The van der Waals surface area contributed by atoms with Crippen LogP contribution in [-0.4, -0.2) is 20.5 Å². The van der Waals surface area contributed by atoms with Gasteiger partial charge in [0.1, 0.15) is 11.5 Å². The zero-order valence-corrected chi connectivity index (χ0v) is 14.4. The predicted octanol–water partition coefficient (Wildman–Crippen LogP) is 3.27. The van der Waals surface area contributed by atoms with Gasteiger partial charge in [0.2, 0.25) is 11.7 Å². The molecule has 0 aliphatic heterocycles. The Kier molecular flexibility index (Phi) is 4.75. The van der Waals surface area contributed by atoms with Crippen molar-refractivity contribution in [3.05, 3.63) is 53.4 Å². The van der Waals surface area contributed by atoms with Crippen LogP contribution in [0, 0.1) is 13.8 Å². The predicted molar refractivity (Wildman–Crippen MR) is 86.6 cm³/mol. The molecule has 3 heterocycles. The molecule has 0 spiro atoms. The molecule has 0 radical (unpaired) electrons. The summed E-state index contributed by atoms with van der Waals surface area (Å²) >= 11 is 1.53. The van der Waals surface area contributed by atoms with Crippen molar-refractivity contribution in [2.45, 2.75) is 31.4 Å². The number of hydrogen-bond donors (Lipinski definition) is 0. The monoisotopic (exact) mass is 347 g/mol. The van der Waals surface area contributed by atoms with E-state index in [4.69, 9.17) is 13.6 Å². The van der Waals surface area contributed by atoms with E-state index in [1.807, 2.05) is 31.7 Å². The molecule has 0 aliphatic rings. The van der Waals surface area contributed by atoms with Crippen molar-refractivity contribution >= 4 is 17.7 Å². The summed E-state index contributed by atoms with van der Waals surface area (Å²) < 4.78 is 18.0. The van der Waals surface area contributed by atoms with E-state index in [2.05, 4.69) is 9.97 Å². The molecule has 0 bridgehead atoms. The number of carbonyl (C=O) groups excluding carboxylic acids is 1. The Morgan fingerprint density at radius 1 is 1.33 bits per heavy atom. The molecule has 0 saturated heterocycles. The number of aromatic nitrogens is 3. The lowest BCUT2D eigenvalue weighted by molar-refractivity contribution is 0.0399. The Morgan fingerprint density at radius 2 is 2.17 bits per heavy atom. The van der Waals surface area contributed by atoms with Gasteiger partial charge in [0.15, 0.2) is 11.8 Å². The van der Waals surface area contributed by atoms with E-state index in [1.165, 1.54) is 11.8 Å². The molecule has 0 unspecified atom stereocenters. The van der Waals surface area contributed by atoms with Crippen molar-refractivity contribution in [2.24, 2.45) is 7.05 Å². The molecule has 3 rings (SSSR count). The van der Waals surface area contributed by atoms with Crippen molar-refractivity contribution < 1.29 is 18.4 Å². The van der Waals surface area contributed by atoms with Gasteiger partial charge in [0.05, 0.1) is 11.4 Å². The first-order chi connectivity index (χ1) is 11.5. The van der Waals surface area contributed by atoms with E-state index >= 15 is 0 Å². The van der Waals surface area contributed by atoms with Crippen LogP contribution in [0.5, 0.6) is 0 Å². The van der Waals surface area contributed by atoms with Gasteiger partial charge in [0, 0.05) is 19.4 Å². The van der Waals surface area contributed by atoms with Gasteiger partial charge in [-0.05, 0) is 26.0 Å². The first kappa shape index (κ1) is 16.4. The Bertz CT molecular complexity index is 830. The highest BCUT2D eigenvalue weighted by Crippen LogP contribution is 2.22. The highest BCUT2D eigenvalue weighted by Gasteiger charge is 2.15. The maximum Gasteiger partial charge on any atom is 0.374 e. The van der Waals surface area contributed by atoms with E-state index in [0.717, 1.165) is 10.9 Å². The quantitative estimate of drug-likeness (QED) is 0.500. The van der Waals surface area contributed by atoms with Crippen LogP contribution < -0.4 is 0 Å². The molecule has 8 heteroatoms. The number of aryl methyl sites for hydroxylation is 3. The van der Waals surface area contributed by atoms with Crippen LogP contribution in [0.25, 0.3) is 0 Å². The summed E-state index contributed by atoms with van der Waals surface area (Å²) in [5.74, 6) is 1.96. The zero-order chi connectivity index (χ0) is 17.1. The highest BCUT2D eigenvalue weighted by atomic mass is 32.2. The summed E-state index contributed by atoms with van der Waals surface area (Å²) in [6, 6.07) is 3.36. The van der Waals surface area contributed by atoms with Gasteiger partial charge >= 0.3 is 5.97 Å². The number of rotatable bonds is 6.